The molecule has 0 spiro atoms. The fourth-order valence-corrected chi connectivity index (χ4v) is 1.10. The molecule has 0 radical (unpaired) electrons. The second-order valence-corrected chi connectivity index (χ2v) is 2.86. The van der Waals surface area contributed by atoms with Gasteiger partial charge in [-0.2, -0.15) is 4.98 Å². The first-order chi connectivity index (χ1) is 7.15. The van der Waals surface area contributed by atoms with E-state index in [9.17, 15) is 13.2 Å². The summed E-state index contributed by atoms with van der Waals surface area (Å²) in [7, 11) is 0. The molecule has 2 rings (SSSR count). The summed E-state index contributed by atoms with van der Waals surface area (Å²) in [6, 6.07) is 2.64. The summed E-state index contributed by atoms with van der Waals surface area (Å²) in [5, 5.41) is 6.10. The third-order valence-corrected chi connectivity index (χ3v) is 1.71. The molecule has 0 aromatic carbocycles. The van der Waals surface area contributed by atoms with Gasteiger partial charge in [-0.1, -0.05) is 0 Å². The minimum atomic E-state index is -2.48. The van der Waals surface area contributed by atoms with E-state index < -0.39 is 18.8 Å². The number of hydrogen-bond acceptors (Lipinski definition) is 3. The minimum absolute atomic E-state index is 0.0564. The van der Waals surface area contributed by atoms with E-state index in [0.717, 1.165) is 6.20 Å². The lowest BCUT2D eigenvalue weighted by Crippen LogP contribution is -2.11. The predicted molar refractivity (Wildman–Crippen MR) is 47.4 cm³/mol. The topological polar surface area (TPSA) is 42.2 Å². The smallest absolute Gasteiger partial charge is 0.255 e. The summed E-state index contributed by atoms with van der Waals surface area (Å²) >= 11 is 0. The molecule has 0 aliphatic heterocycles. The standard InChI is InChI=1S/C8H7F3N4/c9-5-1-2-7-13-8(12-3-6(10)11)14-15(7)4-5/h1-2,4,6H,3H2,(H,12,14). The van der Waals surface area contributed by atoms with Crippen LogP contribution >= 0.6 is 0 Å². The third-order valence-electron chi connectivity index (χ3n) is 1.71. The van der Waals surface area contributed by atoms with Gasteiger partial charge in [0.1, 0.15) is 5.82 Å². The molecule has 0 fully saturated rings. The summed E-state index contributed by atoms with van der Waals surface area (Å²) in [4.78, 5) is 3.87. The maximum absolute atomic E-state index is 12.7. The number of pyridine rings is 1. The summed E-state index contributed by atoms with van der Waals surface area (Å²) < 4.78 is 37.6. The van der Waals surface area contributed by atoms with Gasteiger partial charge in [0.05, 0.1) is 12.7 Å². The lowest BCUT2D eigenvalue weighted by atomic mass is 10.5. The van der Waals surface area contributed by atoms with E-state index >= 15 is 0 Å². The quantitative estimate of drug-likeness (QED) is 0.846. The van der Waals surface area contributed by atoms with Crippen molar-refractivity contribution >= 4 is 11.6 Å². The molecule has 0 saturated carbocycles. The van der Waals surface area contributed by atoms with Crippen molar-refractivity contribution in [3.8, 4) is 0 Å². The number of halogens is 3. The lowest BCUT2D eigenvalue weighted by molar-refractivity contribution is 0.163. The highest BCUT2D eigenvalue weighted by Gasteiger charge is 2.06. The second-order valence-electron chi connectivity index (χ2n) is 2.86. The van der Waals surface area contributed by atoms with Gasteiger partial charge in [0, 0.05) is 0 Å². The molecule has 1 N–H and O–H groups in total. The van der Waals surface area contributed by atoms with Crippen molar-refractivity contribution in [2.45, 2.75) is 6.43 Å². The van der Waals surface area contributed by atoms with Crippen molar-refractivity contribution in [2.75, 3.05) is 11.9 Å². The van der Waals surface area contributed by atoms with Crippen molar-refractivity contribution < 1.29 is 13.2 Å². The summed E-state index contributed by atoms with van der Waals surface area (Å²) in [5.74, 6) is -0.409. The Bertz CT molecular complexity index is 468. The molecule has 0 atom stereocenters. The number of anilines is 1. The van der Waals surface area contributed by atoms with Gasteiger partial charge in [-0.25, -0.2) is 17.7 Å². The highest BCUT2D eigenvalue weighted by atomic mass is 19.3. The van der Waals surface area contributed by atoms with Crippen molar-refractivity contribution in [3.63, 3.8) is 0 Å². The largest absolute Gasteiger partial charge is 0.347 e. The summed E-state index contributed by atoms with van der Waals surface area (Å²) in [5.41, 5.74) is 0.396. The molecule has 0 bridgehead atoms. The SMILES string of the molecule is Fc1ccc2nc(NCC(F)F)nn2c1. The number of fused-ring (bicyclic) bond motifs is 1. The van der Waals surface area contributed by atoms with Gasteiger partial charge in [-0.15, -0.1) is 5.10 Å². The Balaban J connectivity index is 2.23. The zero-order valence-electron chi connectivity index (χ0n) is 7.49. The van der Waals surface area contributed by atoms with Crippen LogP contribution in [0.4, 0.5) is 19.1 Å². The molecule has 80 valence electrons. The molecular formula is C8H7F3N4. The Hall–Kier alpha value is -1.79. The van der Waals surface area contributed by atoms with Crippen molar-refractivity contribution in [1.29, 1.82) is 0 Å². The Morgan fingerprint density at radius 3 is 2.93 bits per heavy atom. The molecule has 0 aliphatic carbocycles. The monoisotopic (exact) mass is 216 g/mol. The van der Waals surface area contributed by atoms with Gasteiger partial charge in [0.25, 0.3) is 6.43 Å². The van der Waals surface area contributed by atoms with Gasteiger partial charge in [-0.05, 0) is 12.1 Å². The molecule has 0 amide bonds. The van der Waals surface area contributed by atoms with Crippen molar-refractivity contribution in [3.05, 3.63) is 24.1 Å². The van der Waals surface area contributed by atoms with Crippen LogP contribution in [0.2, 0.25) is 0 Å². The van der Waals surface area contributed by atoms with Crippen LogP contribution in [-0.4, -0.2) is 27.6 Å². The van der Waals surface area contributed by atoms with E-state index in [2.05, 4.69) is 15.4 Å². The molecule has 4 nitrogen and oxygen atoms in total. The van der Waals surface area contributed by atoms with Gasteiger partial charge >= 0.3 is 0 Å². The van der Waals surface area contributed by atoms with Gasteiger partial charge < -0.3 is 5.32 Å². The normalized spacial score (nSPS) is 11.2. The van der Waals surface area contributed by atoms with Crippen LogP contribution < -0.4 is 5.32 Å². The third kappa shape index (κ3) is 2.17. The number of aromatic nitrogens is 3. The molecule has 7 heteroatoms. The van der Waals surface area contributed by atoms with Crippen LogP contribution in [0, 0.1) is 5.82 Å². The van der Waals surface area contributed by atoms with Crippen LogP contribution in [0.1, 0.15) is 0 Å². The average molecular weight is 216 g/mol. The van der Waals surface area contributed by atoms with E-state index in [1.165, 1.54) is 16.6 Å². The first-order valence-electron chi connectivity index (χ1n) is 4.19. The predicted octanol–water partition coefficient (Wildman–Crippen LogP) is 1.55. The summed E-state index contributed by atoms with van der Waals surface area (Å²) in [6.07, 6.45) is -1.36. The first-order valence-corrected chi connectivity index (χ1v) is 4.19. The van der Waals surface area contributed by atoms with Gasteiger partial charge in [0.15, 0.2) is 5.65 Å². The number of nitrogens with zero attached hydrogens (tertiary/aromatic N) is 3. The molecule has 2 heterocycles. The molecule has 2 aromatic heterocycles. The van der Waals surface area contributed by atoms with E-state index in [0.29, 0.717) is 5.65 Å². The maximum atomic E-state index is 12.7. The minimum Gasteiger partial charge on any atom is -0.347 e. The molecule has 15 heavy (non-hydrogen) atoms. The number of rotatable bonds is 3. The molecule has 2 aromatic rings. The van der Waals surface area contributed by atoms with Crippen LogP contribution in [-0.2, 0) is 0 Å². The Labute approximate surface area is 82.7 Å². The number of alkyl halides is 2. The first kappa shape index (κ1) is 9.75. The zero-order chi connectivity index (χ0) is 10.8. The van der Waals surface area contributed by atoms with Crippen molar-refractivity contribution in [1.82, 2.24) is 14.6 Å². The molecule has 0 unspecified atom stereocenters. The number of nitrogens with one attached hydrogen (secondary N) is 1. The van der Waals surface area contributed by atoms with E-state index in [4.69, 9.17) is 0 Å². The Morgan fingerprint density at radius 1 is 1.40 bits per heavy atom. The lowest BCUT2D eigenvalue weighted by Gasteiger charge is -1.97. The maximum Gasteiger partial charge on any atom is 0.255 e. The van der Waals surface area contributed by atoms with Gasteiger partial charge in [0.2, 0.25) is 5.95 Å². The average Bonchev–Trinajstić information content (AvgIpc) is 2.56. The summed E-state index contributed by atoms with van der Waals surface area (Å²) in [6.45, 7) is -0.528. The molecule has 0 aliphatic rings. The zero-order valence-corrected chi connectivity index (χ0v) is 7.49. The second kappa shape index (κ2) is 3.76. The Morgan fingerprint density at radius 2 is 2.20 bits per heavy atom. The van der Waals surface area contributed by atoms with Crippen LogP contribution in [0.5, 0.6) is 0 Å². The highest BCUT2D eigenvalue weighted by molar-refractivity contribution is 5.42. The van der Waals surface area contributed by atoms with Crippen LogP contribution in [0.15, 0.2) is 18.3 Å². The van der Waals surface area contributed by atoms with Crippen LogP contribution in [0.25, 0.3) is 5.65 Å². The van der Waals surface area contributed by atoms with Gasteiger partial charge in [-0.3, -0.25) is 0 Å². The van der Waals surface area contributed by atoms with Crippen LogP contribution in [0.3, 0.4) is 0 Å². The molecular weight excluding hydrogens is 209 g/mol. The van der Waals surface area contributed by atoms with E-state index in [1.807, 2.05) is 0 Å². The van der Waals surface area contributed by atoms with E-state index in [-0.39, 0.29) is 5.95 Å². The Kier molecular flexibility index (Phi) is 2.44. The number of hydrogen-bond donors (Lipinski definition) is 1. The van der Waals surface area contributed by atoms with Crippen molar-refractivity contribution in [2.24, 2.45) is 0 Å². The highest BCUT2D eigenvalue weighted by Crippen LogP contribution is 2.07. The molecule has 0 saturated heterocycles. The van der Waals surface area contributed by atoms with E-state index in [1.54, 1.807) is 0 Å². The fourth-order valence-electron chi connectivity index (χ4n) is 1.10. The fraction of sp³-hybridized carbons (Fsp3) is 0.250.